The number of amides is 1. The molecule has 1 N–H and O–H groups in total. The molecule has 0 aliphatic rings. The lowest BCUT2D eigenvalue weighted by Gasteiger charge is -2.25. The fourth-order valence-corrected chi connectivity index (χ4v) is 2.03. The second kappa shape index (κ2) is 4.65. The van der Waals surface area contributed by atoms with E-state index >= 15 is 0 Å². The van der Waals surface area contributed by atoms with Gasteiger partial charge in [0.1, 0.15) is 0 Å². The summed E-state index contributed by atoms with van der Waals surface area (Å²) in [6, 6.07) is 6.20. The van der Waals surface area contributed by atoms with E-state index in [0.717, 1.165) is 16.6 Å². The number of rotatable bonds is 3. The Bertz CT molecular complexity index is 589. The molecule has 0 radical (unpaired) electrons. The zero-order valence-electron chi connectivity index (χ0n) is 10.8. The molecule has 4 nitrogen and oxygen atoms in total. The van der Waals surface area contributed by atoms with E-state index in [1.807, 2.05) is 11.6 Å². The highest BCUT2D eigenvalue weighted by atomic mass is 32.1. The lowest BCUT2D eigenvalue weighted by molar-refractivity contribution is 0.259. The second-order valence-corrected chi connectivity index (χ2v) is 5.51. The molecule has 18 heavy (non-hydrogen) atoms. The maximum Gasteiger partial charge on any atom is 0.276 e. The van der Waals surface area contributed by atoms with Gasteiger partial charge in [0.15, 0.2) is 0 Å². The van der Waals surface area contributed by atoms with Crippen molar-refractivity contribution >= 4 is 28.9 Å². The van der Waals surface area contributed by atoms with Gasteiger partial charge in [0.05, 0.1) is 17.4 Å². The van der Waals surface area contributed by atoms with E-state index in [1.165, 1.54) is 0 Å². The highest BCUT2D eigenvalue weighted by Gasteiger charge is 2.21. The first-order chi connectivity index (χ1) is 8.40. The number of nitrogens with zero attached hydrogens (tertiary/aromatic N) is 2. The number of fused-ring (bicyclic) bond motifs is 1. The van der Waals surface area contributed by atoms with E-state index in [-0.39, 0.29) is 10.7 Å². The number of hydrogen-bond donors (Lipinski definition) is 2. The van der Waals surface area contributed by atoms with Crippen LogP contribution in [0.2, 0.25) is 0 Å². The van der Waals surface area contributed by atoms with Crippen molar-refractivity contribution < 1.29 is 4.79 Å². The van der Waals surface area contributed by atoms with Gasteiger partial charge in [0.2, 0.25) is 0 Å². The van der Waals surface area contributed by atoms with E-state index in [4.69, 9.17) is 0 Å². The van der Waals surface area contributed by atoms with Crippen molar-refractivity contribution in [2.45, 2.75) is 19.3 Å². The van der Waals surface area contributed by atoms with Crippen molar-refractivity contribution in [2.75, 3.05) is 6.54 Å². The minimum atomic E-state index is -0.304. The van der Waals surface area contributed by atoms with Crippen LogP contribution in [0.15, 0.2) is 24.5 Å². The predicted molar refractivity (Wildman–Crippen MR) is 76.1 cm³/mol. The number of hydrogen-bond acceptors (Lipinski definition) is 2. The van der Waals surface area contributed by atoms with E-state index < -0.39 is 0 Å². The van der Waals surface area contributed by atoms with E-state index in [9.17, 15) is 4.79 Å². The first-order valence-corrected chi connectivity index (χ1v) is 6.23. The van der Waals surface area contributed by atoms with Gasteiger partial charge in [-0.1, -0.05) is 32.5 Å². The Morgan fingerprint density at radius 3 is 2.89 bits per heavy atom. The normalized spacial score (nSPS) is 11.8. The molecule has 0 saturated heterocycles. The Labute approximate surface area is 112 Å². The Balaban J connectivity index is 2.32. The molecule has 5 heteroatoms. The molecule has 2 aromatic rings. The Kier molecular flexibility index (Phi) is 3.34. The summed E-state index contributed by atoms with van der Waals surface area (Å²) >= 11 is 3.72. The molecule has 0 aliphatic carbocycles. The maximum absolute atomic E-state index is 10.9. The van der Waals surface area contributed by atoms with Crippen LogP contribution in [0, 0.1) is 0 Å². The average molecular weight is 263 g/mol. The molecule has 2 rings (SSSR count). The molecule has 0 bridgehead atoms. The summed E-state index contributed by atoms with van der Waals surface area (Å²) in [5, 5.41) is 2.43. The molecule has 96 valence electrons. The highest BCUT2D eigenvalue weighted by molar-refractivity contribution is 7.96. The third-order valence-corrected chi connectivity index (χ3v) is 3.35. The lowest BCUT2D eigenvalue weighted by atomic mass is 9.84. The number of thiol groups is 1. The topological polar surface area (TPSA) is 46.9 Å². The van der Waals surface area contributed by atoms with Gasteiger partial charge in [0.25, 0.3) is 5.24 Å². The van der Waals surface area contributed by atoms with Gasteiger partial charge in [-0.05, 0) is 17.7 Å². The number of aryl methyl sites for hydroxylation is 1. The van der Waals surface area contributed by atoms with Crippen LogP contribution < -0.4 is 5.32 Å². The third kappa shape index (κ3) is 2.51. The van der Waals surface area contributed by atoms with Crippen molar-refractivity contribution in [1.82, 2.24) is 14.9 Å². The monoisotopic (exact) mass is 263 g/mol. The Hall–Kier alpha value is -1.49. The molecular formula is C13H17N3OS. The van der Waals surface area contributed by atoms with E-state index in [1.54, 1.807) is 6.33 Å². The van der Waals surface area contributed by atoms with Crippen LogP contribution in [0.1, 0.15) is 19.4 Å². The fourth-order valence-electron chi connectivity index (χ4n) is 1.96. The van der Waals surface area contributed by atoms with Crippen molar-refractivity contribution in [1.29, 1.82) is 0 Å². The minimum Gasteiger partial charge on any atom is -0.346 e. The van der Waals surface area contributed by atoms with E-state index in [2.05, 4.69) is 55.0 Å². The summed E-state index contributed by atoms with van der Waals surface area (Å²) in [5.41, 5.74) is 3.08. The fraction of sp³-hybridized carbons (Fsp3) is 0.385. The summed E-state index contributed by atoms with van der Waals surface area (Å²) in [6.07, 6.45) is 1.80. The third-order valence-electron chi connectivity index (χ3n) is 3.19. The molecule has 0 spiro atoms. The maximum atomic E-state index is 10.9. The summed E-state index contributed by atoms with van der Waals surface area (Å²) in [7, 11) is 1.97. The van der Waals surface area contributed by atoms with Gasteiger partial charge in [-0.2, -0.15) is 0 Å². The van der Waals surface area contributed by atoms with Crippen LogP contribution in [0.3, 0.4) is 0 Å². The Morgan fingerprint density at radius 1 is 1.50 bits per heavy atom. The van der Waals surface area contributed by atoms with Crippen molar-refractivity contribution in [3.05, 3.63) is 30.1 Å². The number of imidazole rings is 1. The van der Waals surface area contributed by atoms with Gasteiger partial charge < -0.3 is 9.88 Å². The molecule has 0 aliphatic heterocycles. The zero-order valence-corrected chi connectivity index (χ0v) is 11.7. The average Bonchev–Trinajstić information content (AvgIpc) is 2.68. The summed E-state index contributed by atoms with van der Waals surface area (Å²) in [5.74, 6) is 0. The standard InChI is InChI=1S/C13H17N3OS/c1-13(2,7-14-12(17)18)9-4-5-11-10(6-9)15-8-16(11)3/h4-6,8H,7H2,1-3H3,(H2,14,17,18). The molecule has 1 amide bonds. The van der Waals surface area contributed by atoms with Gasteiger partial charge >= 0.3 is 0 Å². The number of carbonyl (C=O) groups is 1. The smallest absolute Gasteiger partial charge is 0.276 e. The summed E-state index contributed by atoms with van der Waals surface area (Å²) in [6.45, 7) is 4.72. The van der Waals surface area contributed by atoms with Crippen LogP contribution in [0.25, 0.3) is 11.0 Å². The molecule has 1 heterocycles. The van der Waals surface area contributed by atoms with Gasteiger partial charge in [-0.15, -0.1) is 0 Å². The SMILES string of the molecule is Cn1cnc2cc(C(C)(C)CNC(=O)S)ccc21. The van der Waals surface area contributed by atoms with Crippen LogP contribution in [0.5, 0.6) is 0 Å². The van der Waals surface area contributed by atoms with Gasteiger partial charge in [-0.25, -0.2) is 4.98 Å². The van der Waals surface area contributed by atoms with Gasteiger partial charge in [-0.3, -0.25) is 4.79 Å². The number of aromatic nitrogens is 2. The molecule has 0 atom stereocenters. The molecule has 0 fully saturated rings. The summed E-state index contributed by atoms with van der Waals surface area (Å²) in [4.78, 5) is 15.2. The molecule has 1 aromatic carbocycles. The highest BCUT2D eigenvalue weighted by Crippen LogP contribution is 2.25. The number of carbonyl (C=O) groups excluding carboxylic acids is 1. The summed E-state index contributed by atoms with van der Waals surface area (Å²) < 4.78 is 1.99. The lowest BCUT2D eigenvalue weighted by Crippen LogP contribution is -2.34. The predicted octanol–water partition coefficient (Wildman–Crippen LogP) is 2.49. The first kappa shape index (κ1) is 13.0. The quantitative estimate of drug-likeness (QED) is 0.836. The van der Waals surface area contributed by atoms with Gasteiger partial charge in [0, 0.05) is 19.0 Å². The van der Waals surface area contributed by atoms with Crippen molar-refractivity contribution in [3.63, 3.8) is 0 Å². The van der Waals surface area contributed by atoms with Crippen molar-refractivity contribution in [3.8, 4) is 0 Å². The Morgan fingerprint density at radius 2 is 2.22 bits per heavy atom. The molecule has 0 unspecified atom stereocenters. The van der Waals surface area contributed by atoms with Crippen LogP contribution in [-0.4, -0.2) is 21.3 Å². The number of benzene rings is 1. The van der Waals surface area contributed by atoms with Crippen LogP contribution in [-0.2, 0) is 12.5 Å². The molecular weight excluding hydrogens is 246 g/mol. The largest absolute Gasteiger partial charge is 0.346 e. The first-order valence-electron chi connectivity index (χ1n) is 5.78. The van der Waals surface area contributed by atoms with Crippen LogP contribution >= 0.6 is 12.6 Å². The van der Waals surface area contributed by atoms with Crippen LogP contribution in [0.4, 0.5) is 4.79 Å². The van der Waals surface area contributed by atoms with Crippen molar-refractivity contribution in [2.24, 2.45) is 7.05 Å². The number of nitrogens with one attached hydrogen (secondary N) is 1. The second-order valence-electron chi connectivity index (χ2n) is 5.10. The zero-order chi connectivity index (χ0) is 13.3. The molecule has 1 aromatic heterocycles. The molecule has 0 saturated carbocycles. The minimum absolute atomic E-state index is 0.149. The van der Waals surface area contributed by atoms with E-state index in [0.29, 0.717) is 6.54 Å².